The van der Waals surface area contributed by atoms with Crippen LogP contribution in [0.1, 0.15) is 38.2 Å². The lowest BCUT2D eigenvalue weighted by molar-refractivity contribution is -0.154. The molecule has 1 aromatic heterocycles. The molecule has 6 heteroatoms. The van der Waals surface area contributed by atoms with Crippen molar-refractivity contribution in [2.24, 2.45) is 0 Å². The maximum atomic E-state index is 12.1. The van der Waals surface area contributed by atoms with Crippen molar-refractivity contribution < 1.29 is 23.8 Å². The lowest BCUT2D eigenvalue weighted by Crippen LogP contribution is -2.41. The van der Waals surface area contributed by atoms with Gasteiger partial charge in [-0.15, -0.1) is 0 Å². The Morgan fingerprint density at radius 3 is 2.88 bits per heavy atom. The second-order valence-corrected chi connectivity index (χ2v) is 6.24. The van der Waals surface area contributed by atoms with Gasteiger partial charge in [0.25, 0.3) is 5.91 Å². The number of hydrogen-bond acceptors (Lipinski definition) is 5. The van der Waals surface area contributed by atoms with Gasteiger partial charge in [0.2, 0.25) is 0 Å². The first-order valence-corrected chi connectivity index (χ1v) is 8.22. The zero-order valence-corrected chi connectivity index (χ0v) is 13.6. The molecular formula is C18H21NO5. The van der Waals surface area contributed by atoms with Crippen molar-refractivity contribution in [3.63, 3.8) is 0 Å². The highest BCUT2D eigenvalue weighted by Crippen LogP contribution is 2.25. The number of ether oxygens (including phenoxy) is 1. The van der Waals surface area contributed by atoms with E-state index < -0.39 is 12.1 Å². The first kappa shape index (κ1) is 16.4. The highest BCUT2D eigenvalue weighted by atomic mass is 16.5. The van der Waals surface area contributed by atoms with E-state index in [0.717, 1.165) is 31.1 Å². The molecule has 6 nitrogen and oxygen atoms in total. The van der Waals surface area contributed by atoms with Crippen LogP contribution in [0.5, 0.6) is 5.75 Å². The van der Waals surface area contributed by atoms with Crippen molar-refractivity contribution in [1.29, 1.82) is 0 Å². The quantitative estimate of drug-likeness (QED) is 0.822. The first-order chi connectivity index (χ1) is 11.5. The van der Waals surface area contributed by atoms with Gasteiger partial charge in [0.05, 0.1) is 12.7 Å². The van der Waals surface area contributed by atoms with E-state index in [4.69, 9.17) is 9.15 Å². The minimum Gasteiger partial charge on any atom is -0.508 e. The lowest BCUT2D eigenvalue weighted by atomic mass is 10.1. The smallest absolute Gasteiger partial charge is 0.311 e. The Kier molecular flexibility index (Phi) is 4.74. The van der Waals surface area contributed by atoms with Crippen LogP contribution in [0.25, 0.3) is 11.0 Å². The Morgan fingerprint density at radius 2 is 2.12 bits per heavy atom. The normalized spacial score (nSPS) is 16.2. The number of carbonyl (C=O) groups excluding carboxylic acids is 2. The number of furan rings is 1. The lowest BCUT2D eigenvalue weighted by Gasteiger charge is -2.17. The van der Waals surface area contributed by atoms with Crippen LogP contribution in [0.2, 0.25) is 0 Å². The summed E-state index contributed by atoms with van der Waals surface area (Å²) < 4.78 is 10.6. The van der Waals surface area contributed by atoms with Crippen molar-refractivity contribution in [3.8, 4) is 5.75 Å². The molecule has 1 aromatic carbocycles. The molecule has 1 amide bonds. The Labute approximate surface area is 139 Å². The number of phenolic OH excluding ortho intramolecular Hbond substituents is 1. The van der Waals surface area contributed by atoms with Crippen molar-refractivity contribution in [3.05, 3.63) is 30.0 Å². The van der Waals surface area contributed by atoms with Crippen LogP contribution < -0.4 is 5.32 Å². The summed E-state index contributed by atoms with van der Waals surface area (Å²) in [7, 11) is 0. The molecule has 1 heterocycles. The molecular weight excluding hydrogens is 310 g/mol. The predicted molar refractivity (Wildman–Crippen MR) is 87.5 cm³/mol. The van der Waals surface area contributed by atoms with Crippen LogP contribution in [0.15, 0.2) is 28.9 Å². The molecule has 0 bridgehead atoms. The zero-order chi connectivity index (χ0) is 17.1. The van der Waals surface area contributed by atoms with E-state index in [1.807, 2.05) is 0 Å². The van der Waals surface area contributed by atoms with Crippen molar-refractivity contribution >= 4 is 22.8 Å². The maximum absolute atomic E-state index is 12.1. The molecule has 24 heavy (non-hydrogen) atoms. The number of amides is 1. The third kappa shape index (κ3) is 3.69. The average molecular weight is 331 g/mol. The largest absolute Gasteiger partial charge is 0.508 e. The summed E-state index contributed by atoms with van der Waals surface area (Å²) in [5.41, 5.74) is 1.17. The van der Waals surface area contributed by atoms with Gasteiger partial charge in [-0.3, -0.25) is 9.59 Å². The van der Waals surface area contributed by atoms with Crippen LogP contribution in [-0.2, 0) is 20.7 Å². The van der Waals surface area contributed by atoms with Crippen molar-refractivity contribution in [2.75, 3.05) is 0 Å². The van der Waals surface area contributed by atoms with Crippen molar-refractivity contribution in [2.45, 2.75) is 51.2 Å². The SMILES string of the molecule is C[C@@H](OC(=O)Cc1coc2cc(O)ccc12)C(=O)NC1CCCC1. The number of carbonyl (C=O) groups is 2. The number of benzene rings is 1. The number of rotatable bonds is 5. The number of hydrogen-bond donors (Lipinski definition) is 2. The summed E-state index contributed by atoms with van der Waals surface area (Å²) >= 11 is 0. The summed E-state index contributed by atoms with van der Waals surface area (Å²) in [6.07, 6.45) is 4.89. The number of phenols is 1. The molecule has 0 saturated heterocycles. The fourth-order valence-corrected chi connectivity index (χ4v) is 3.05. The Bertz CT molecular complexity index is 745. The van der Waals surface area contributed by atoms with E-state index in [2.05, 4.69) is 5.32 Å². The van der Waals surface area contributed by atoms with Gasteiger partial charge in [-0.2, -0.15) is 0 Å². The molecule has 1 atom stereocenters. The van der Waals surface area contributed by atoms with E-state index in [1.165, 1.54) is 18.4 Å². The number of fused-ring (bicyclic) bond motifs is 1. The molecule has 0 unspecified atom stereocenters. The van der Waals surface area contributed by atoms with E-state index in [9.17, 15) is 14.7 Å². The standard InChI is InChI=1S/C18H21NO5/c1-11(18(22)19-13-4-2-3-5-13)24-17(21)8-12-10-23-16-9-14(20)6-7-15(12)16/h6-7,9-11,13,20H,2-5,8H2,1H3,(H,19,22)/t11-/m1/s1. The summed E-state index contributed by atoms with van der Waals surface area (Å²) in [4.78, 5) is 24.1. The minimum atomic E-state index is -0.819. The third-order valence-electron chi connectivity index (χ3n) is 4.35. The predicted octanol–water partition coefficient (Wildman–Crippen LogP) is 2.67. The van der Waals surface area contributed by atoms with Crippen LogP contribution in [0, 0.1) is 0 Å². The minimum absolute atomic E-state index is 0.0127. The summed E-state index contributed by atoms with van der Waals surface area (Å²) in [6.45, 7) is 1.58. The van der Waals surface area contributed by atoms with Crippen molar-refractivity contribution in [1.82, 2.24) is 5.32 Å². The van der Waals surface area contributed by atoms with E-state index in [0.29, 0.717) is 11.1 Å². The van der Waals surface area contributed by atoms with Crippen LogP contribution in [-0.4, -0.2) is 29.1 Å². The molecule has 1 aliphatic rings. The molecule has 0 spiro atoms. The molecule has 3 rings (SSSR count). The Morgan fingerprint density at radius 1 is 1.38 bits per heavy atom. The average Bonchev–Trinajstić information content (AvgIpc) is 3.17. The number of nitrogens with one attached hydrogen (secondary N) is 1. The maximum Gasteiger partial charge on any atom is 0.311 e. The molecule has 2 aromatic rings. The van der Waals surface area contributed by atoms with Gasteiger partial charge in [0.15, 0.2) is 6.10 Å². The van der Waals surface area contributed by atoms with Gasteiger partial charge >= 0.3 is 5.97 Å². The number of aromatic hydroxyl groups is 1. The fourth-order valence-electron chi connectivity index (χ4n) is 3.05. The third-order valence-corrected chi connectivity index (χ3v) is 4.35. The molecule has 0 aliphatic heterocycles. The fraction of sp³-hybridized carbons (Fsp3) is 0.444. The van der Waals surface area contributed by atoms with Crippen LogP contribution in [0.3, 0.4) is 0 Å². The molecule has 1 fully saturated rings. The molecule has 0 radical (unpaired) electrons. The van der Waals surface area contributed by atoms with Gasteiger partial charge in [-0.1, -0.05) is 12.8 Å². The molecule has 1 aliphatic carbocycles. The monoisotopic (exact) mass is 331 g/mol. The van der Waals surface area contributed by atoms with E-state index in [1.54, 1.807) is 13.0 Å². The van der Waals surface area contributed by atoms with Crippen LogP contribution in [0.4, 0.5) is 0 Å². The van der Waals surface area contributed by atoms with Crippen LogP contribution >= 0.6 is 0 Å². The molecule has 2 N–H and O–H groups in total. The van der Waals surface area contributed by atoms with Gasteiger partial charge in [0, 0.05) is 23.1 Å². The highest BCUT2D eigenvalue weighted by molar-refractivity contribution is 5.88. The number of esters is 1. The summed E-state index contributed by atoms with van der Waals surface area (Å²) in [6, 6.07) is 4.91. The van der Waals surface area contributed by atoms with E-state index in [-0.39, 0.29) is 24.1 Å². The highest BCUT2D eigenvalue weighted by Gasteiger charge is 2.23. The second-order valence-electron chi connectivity index (χ2n) is 6.24. The van der Waals surface area contributed by atoms with Gasteiger partial charge in [-0.25, -0.2) is 0 Å². The van der Waals surface area contributed by atoms with Gasteiger partial charge in [0.1, 0.15) is 11.3 Å². The second kappa shape index (κ2) is 6.95. The zero-order valence-electron chi connectivity index (χ0n) is 13.6. The van der Waals surface area contributed by atoms with E-state index >= 15 is 0 Å². The Balaban J connectivity index is 1.56. The molecule has 1 saturated carbocycles. The summed E-state index contributed by atoms with van der Waals surface area (Å²) in [5, 5.41) is 13.1. The Hall–Kier alpha value is -2.50. The summed E-state index contributed by atoms with van der Waals surface area (Å²) in [5.74, 6) is -0.639. The molecule has 128 valence electrons. The van der Waals surface area contributed by atoms with Gasteiger partial charge < -0.3 is 19.6 Å². The topological polar surface area (TPSA) is 88.8 Å². The van der Waals surface area contributed by atoms with Gasteiger partial charge in [-0.05, 0) is 31.9 Å². The first-order valence-electron chi connectivity index (χ1n) is 8.22.